The van der Waals surface area contributed by atoms with Crippen LogP contribution in [0.3, 0.4) is 0 Å². The molecule has 1 heterocycles. The van der Waals surface area contributed by atoms with Gasteiger partial charge in [-0.25, -0.2) is 0 Å². The molecular formula is C11H12O2S. The Hall–Kier alpha value is -1.09. The van der Waals surface area contributed by atoms with Gasteiger partial charge in [-0.2, -0.15) is 0 Å². The molecule has 14 heavy (non-hydrogen) atoms. The molecule has 74 valence electrons. The second-order valence-electron chi connectivity index (χ2n) is 3.27. The van der Waals surface area contributed by atoms with Crippen LogP contribution in [0.4, 0.5) is 0 Å². The number of methoxy groups -OCH3 is 1. The van der Waals surface area contributed by atoms with Crippen molar-refractivity contribution in [2.75, 3.05) is 7.11 Å². The fourth-order valence-corrected chi connectivity index (χ4v) is 2.48. The molecule has 0 saturated heterocycles. The molecule has 0 unspecified atom stereocenters. The van der Waals surface area contributed by atoms with Crippen molar-refractivity contribution in [3.8, 4) is 5.75 Å². The van der Waals surface area contributed by atoms with Crippen LogP contribution in [0, 0.1) is 0 Å². The molecule has 2 nitrogen and oxygen atoms in total. The number of thiophene rings is 1. The smallest absolute Gasteiger partial charge is 0.202 e. The molecule has 0 aromatic carbocycles. The molecule has 0 fully saturated rings. The minimum atomic E-state index is 0.148. The normalized spacial score (nSPS) is 15.4. The number of carbonyl (C=O) groups is 1. The highest BCUT2D eigenvalue weighted by Crippen LogP contribution is 2.30. The Bertz CT molecular complexity index is 376. The summed E-state index contributed by atoms with van der Waals surface area (Å²) in [6, 6.07) is 1.84. The number of carbonyl (C=O) groups excluding carboxylic acids is 1. The van der Waals surface area contributed by atoms with Crippen molar-refractivity contribution in [1.82, 2.24) is 0 Å². The van der Waals surface area contributed by atoms with Gasteiger partial charge in [0.05, 0.1) is 7.11 Å². The zero-order valence-electron chi connectivity index (χ0n) is 8.08. The third-order valence-corrected chi connectivity index (χ3v) is 3.28. The Kier molecular flexibility index (Phi) is 2.68. The van der Waals surface area contributed by atoms with Crippen LogP contribution >= 0.6 is 11.3 Å². The lowest BCUT2D eigenvalue weighted by Crippen LogP contribution is -2.00. The Morgan fingerprint density at radius 1 is 1.57 bits per heavy atom. The topological polar surface area (TPSA) is 26.3 Å². The van der Waals surface area contributed by atoms with Gasteiger partial charge in [0.25, 0.3) is 0 Å². The zero-order valence-corrected chi connectivity index (χ0v) is 8.89. The van der Waals surface area contributed by atoms with Crippen LogP contribution in [0.25, 0.3) is 0 Å². The molecule has 0 radical (unpaired) electrons. The van der Waals surface area contributed by atoms with Crippen LogP contribution < -0.4 is 4.74 Å². The predicted molar refractivity (Wildman–Crippen MR) is 57.1 cm³/mol. The summed E-state index contributed by atoms with van der Waals surface area (Å²) in [6.07, 6.45) is 5.10. The van der Waals surface area contributed by atoms with Gasteiger partial charge in [-0.05, 0) is 36.3 Å². The molecule has 0 spiro atoms. The molecule has 3 heteroatoms. The average Bonchev–Trinajstić information content (AvgIpc) is 2.87. The first-order chi connectivity index (χ1) is 6.83. The lowest BCUT2D eigenvalue weighted by molar-refractivity contribution is 0.103. The van der Waals surface area contributed by atoms with Crippen molar-refractivity contribution >= 4 is 17.1 Å². The van der Waals surface area contributed by atoms with Crippen molar-refractivity contribution in [3.05, 3.63) is 28.0 Å². The van der Waals surface area contributed by atoms with E-state index in [1.54, 1.807) is 7.11 Å². The van der Waals surface area contributed by atoms with Gasteiger partial charge in [-0.15, -0.1) is 11.3 Å². The first-order valence-electron chi connectivity index (χ1n) is 4.68. The Balaban J connectivity index is 2.26. The number of hydrogen-bond acceptors (Lipinski definition) is 3. The second-order valence-corrected chi connectivity index (χ2v) is 4.18. The zero-order chi connectivity index (χ0) is 9.97. The van der Waals surface area contributed by atoms with E-state index in [-0.39, 0.29) is 5.78 Å². The van der Waals surface area contributed by atoms with Crippen LogP contribution in [0.2, 0.25) is 0 Å². The van der Waals surface area contributed by atoms with Gasteiger partial charge < -0.3 is 4.74 Å². The molecule has 0 bridgehead atoms. The van der Waals surface area contributed by atoms with E-state index in [0.29, 0.717) is 5.75 Å². The van der Waals surface area contributed by atoms with E-state index in [2.05, 4.69) is 0 Å². The molecule has 0 amide bonds. The number of Topliss-reactive ketones (excluding diaryl/α,β-unsaturated/α-hetero) is 1. The summed E-state index contributed by atoms with van der Waals surface area (Å²) in [7, 11) is 1.60. The minimum absolute atomic E-state index is 0.148. The Morgan fingerprint density at radius 3 is 3.07 bits per heavy atom. The van der Waals surface area contributed by atoms with Gasteiger partial charge in [0.2, 0.25) is 5.78 Å². The number of ketones is 1. The van der Waals surface area contributed by atoms with Gasteiger partial charge >= 0.3 is 0 Å². The summed E-state index contributed by atoms with van der Waals surface area (Å²) in [4.78, 5) is 12.7. The van der Waals surface area contributed by atoms with Gasteiger partial charge in [0.1, 0.15) is 10.6 Å². The summed E-state index contributed by atoms with van der Waals surface area (Å²) >= 11 is 1.45. The number of ether oxygens (including phenoxy) is 1. The van der Waals surface area contributed by atoms with Gasteiger partial charge in [-0.3, -0.25) is 4.79 Å². The van der Waals surface area contributed by atoms with Crippen molar-refractivity contribution in [2.24, 2.45) is 0 Å². The molecule has 0 aliphatic heterocycles. The van der Waals surface area contributed by atoms with Crippen LogP contribution in [0.5, 0.6) is 5.75 Å². The maximum atomic E-state index is 11.9. The maximum absolute atomic E-state index is 11.9. The van der Waals surface area contributed by atoms with E-state index in [1.165, 1.54) is 11.3 Å². The van der Waals surface area contributed by atoms with E-state index in [9.17, 15) is 4.79 Å². The Labute approximate surface area is 87.2 Å². The first-order valence-corrected chi connectivity index (χ1v) is 5.56. The largest absolute Gasteiger partial charge is 0.495 e. The number of allylic oxidation sites excluding steroid dienone is 2. The molecule has 0 N–H and O–H groups in total. The van der Waals surface area contributed by atoms with Crippen LogP contribution in [0.15, 0.2) is 23.1 Å². The highest BCUT2D eigenvalue weighted by molar-refractivity contribution is 7.12. The number of rotatable bonds is 3. The highest BCUT2D eigenvalue weighted by atomic mass is 32.1. The third-order valence-electron chi connectivity index (χ3n) is 2.39. The van der Waals surface area contributed by atoms with Crippen molar-refractivity contribution in [1.29, 1.82) is 0 Å². The van der Waals surface area contributed by atoms with Crippen LogP contribution in [0.1, 0.15) is 28.9 Å². The predicted octanol–water partition coefficient (Wildman–Crippen LogP) is 3.05. The van der Waals surface area contributed by atoms with E-state index < -0.39 is 0 Å². The SMILES string of the molecule is COc1ccsc1C(=O)C1=CCCC1. The summed E-state index contributed by atoms with van der Waals surface area (Å²) < 4.78 is 5.13. The molecular weight excluding hydrogens is 196 g/mol. The third kappa shape index (κ3) is 1.60. The fraction of sp³-hybridized carbons (Fsp3) is 0.364. The van der Waals surface area contributed by atoms with Crippen LogP contribution in [-0.4, -0.2) is 12.9 Å². The molecule has 1 aliphatic carbocycles. The highest BCUT2D eigenvalue weighted by Gasteiger charge is 2.19. The van der Waals surface area contributed by atoms with E-state index >= 15 is 0 Å². The van der Waals surface area contributed by atoms with E-state index in [4.69, 9.17) is 4.74 Å². The van der Waals surface area contributed by atoms with Crippen molar-refractivity contribution in [2.45, 2.75) is 19.3 Å². The lowest BCUT2D eigenvalue weighted by Gasteiger charge is -2.01. The second kappa shape index (κ2) is 3.96. The van der Waals surface area contributed by atoms with Crippen molar-refractivity contribution in [3.63, 3.8) is 0 Å². The summed E-state index contributed by atoms with van der Waals surface area (Å²) in [5.74, 6) is 0.849. The van der Waals surface area contributed by atoms with Gasteiger partial charge in [-0.1, -0.05) is 6.08 Å². The van der Waals surface area contributed by atoms with Gasteiger partial charge in [0, 0.05) is 0 Å². The first kappa shape index (κ1) is 9.46. The van der Waals surface area contributed by atoms with Crippen molar-refractivity contribution < 1.29 is 9.53 Å². The number of hydrogen-bond donors (Lipinski definition) is 0. The van der Waals surface area contributed by atoms with E-state index in [1.807, 2.05) is 17.5 Å². The summed E-state index contributed by atoms with van der Waals surface area (Å²) in [6.45, 7) is 0. The molecule has 0 saturated carbocycles. The fourth-order valence-electron chi connectivity index (χ4n) is 1.65. The average molecular weight is 208 g/mol. The van der Waals surface area contributed by atoms with E-state index in [0.717, 1.165) is 29.7 Å². The molecule has 1 aromatic heterocycles. The molecule has 2 rings (SSSR count). The minimum Gasteiger partial charge on any atom is -0.495 e. The standard InChI is InChI=1S/C11H12O2S/c1-13-9-6-7-14-11(9)10(12)8-4-2-3-5-8/h4,6-7H,2-3,5H2,1H3. The summed E-state index contributed by atoms with van der Waals surface area (Å²) in [5, 5.41) is 1.89. The Morgan fingerprint density at radius 2 is 2.43 bits per heavy atom. The monoisotopic (exact) mass is 208 g/mol. The summed E-state index contributed by atoms with van der Waals surface area (Å²) in [5.41, 5.74) is 0.950. The maximum Gasteiger partial charge on any atom is 0.202 e. The molecule has 1 aromatic rings. The quantitative estimate of drug-likeness (QED) is 0.714. The molecule has 0 atom stereocenters. The van der Waals surface area contributed by atoms with Crippen LogP contribution in [-0.2, 0) is 0 Å². The lowest BCUT2D eigenvalue weighted by atomic mass is 10.1. The molecule has 1 aliphatic rings. The van der Waals surface area contributed by atoms with Gasteiger partial charge in [0.15, 0.2) is 0 Å².